The highest BCUT2D eigenvalue weighted by atomic mass is 16.5. The molecule has 0 saturated carbocycles. The minimum atomic E-state index is 0.721. The number of methoxy groups -OCH3 is 1. The second-order valence-electron chi connectivity index (χ2n) is 3.20. The van der Waals surface area contributed by atoms with E-state index in [9.17, 15) is 0 Å². The highest BCUT2D eigenvalue weighted by molar-refractivity contribution is 5.51. The Morgan fingerprint density at radius 3 is 2.62 bits per heavy atom. The van der Waals surface area contributed by atoms with Crippen molar-refractivity contribution < 1.29 is 4.74 Å². The monoisotopic (exact) mass is 216 g/mol. The van der Waals surface area contributed by atoms with E-state index in [1.54, 1.807) is 25.6 Å². The molecule has 0 aliphatic heterocycles. The molecular weight excluding hydrogens is 204 g/mol. The normalized spacial score (nSPS) is 9.88. The Labute approximate surface area is 93.5 Å². The number of aryl methyl sites for hydroxylation is 1. The largest absolute Gasteiger partial charge is 0.495 e. The standard InChI is InChI=1S/C11H12N4O/c1-8-12-6-5-11(14-8)15-10-4-3-9(16-2)7-13-10/h3-7H,1-2H3,(H,12,13,14,15). The van der Waals surface area contributed by atoms with E-state index in [1.165, 1.54) is 0 Å². The van der Waals surface area contributed by atoms with Gasteiger partial charge < -0.3 is 10.1 Å². The summed E-state index contributed by atoms with van der Waals surface area (Å²) in [5.74, 6) is 2.90. The third kappa shape index (κ3) is 2.44. The lowest BCUT2D eigenvalue weighted by molar-refractivity contribution is 0.413. The molecule has 0 spiro atoms. The molecular formula is C11H12N4O. The van der Waals surface area contributed by atoms with Crippen LogP contribution in [0.2, 0.25) is 0 Å². The second kappa shape index (κ2) is 4.57. The first kappa shape index (κ1) is 10.4. The highest BCUT2D eigenvalue weighted by Gasteiger charge is 1.98. The highest BCUT2D eigenvalue weighted by Crippen LogP contribution is 2.14. The zero-order valence-corrected chi connectivity index (χ0v) is 9.14. The van der Waals surface area contributed by atoms with Gasteiger partial charge in [-0.3, -0.25) is 0 Å². The zero-order valence-electron chi connectivity index (χ0n) is 9.14. The van der Waals surface area contributed by atoms with Gasteiger partial charge in [0, 0.05) is 6.20 Å². The first-order valence-corrected chi connectivity index (χ1v) is 4.84. The maximum Gasteiger partial charge on any atom is 0.137 e. The van der Waals surface area contributed by atoms with Crippen molar-refractivity contribution in [1.82, 2.24) is 15.0 Å². The Hall–Kier alpha value is -2.17. The van der Waals surface area contributed by atoms with E-state index >= 15 is 0 Å². The van der Waals surface area contributed by atoms with Crippen LogP contribution in [0.4, 0.5) is 11.6 Å². The summed E-state index contributed by atoms with van der Waals surface area (Å²) in [4.78, 5) is 12.4. The van der Waals surface area contributed by atoms with Crippen LogP contribution < -0.4 is 10.1 Å². The first-order valence-electron chi connectivity index (χ1n) is 4.84. The number of hydrogen-bond donors (Lipinski definition) is 1. The number of ether oxygens (including phenoxy) is 1. The molecule has 5 heteroatoms. The summed E-state index contributed by atoms with van der Waals surface area (Å²) in [6.07, 6.45) is 3.35. The quantitative estimate of drug-likeness (QED) is 0.849. The fraction of sp³-hybridized carbons (Fsp3) is 0.182. The number of anilines is 2. The van der Waals surface area contributed by atoms with Gasteiger partial charge in [-0.1, -0.05) is 0 Å². The van der Waals surface area contributed by atoms with Crippen molar-refractivity contribution in [2.75, 3.05) is 12.4 Å². The lowest BCUT2D eigenvalue weighted by atomic mass is 10.4. The molecule has 0 aliphatic carbocycles. The average Bonchev–Trinajstić information content (AvgIpc) is 2.30. The van der Waals surface area contributed by atoms with Gasteiger partial charge in [0.2, 0.25) is 0 Å². The summed E-state index contributed by atoms with van der Waals surface area (Å²) < 4.78 is 5.02. The SMILES string of the molecule is COc1ccc(Nc2ccnc(C)n2)nc1. The van der Waals surface area contributed by atoms with Crippen LogP contribution in [0.1, 0.15) is 5.82 Å². The fourth-order valence-electron chi connectivity index (χ4n) is 1.23. The van der Waals surface area contributed by atoms with E-state index in [-0.39, 0.29) is 0 Å². The average molecular weight is 216 g/mol. The van der Waals surface area contributed by atoms with Crippen molar-refractivity contribution >= 4 is 11.6 Å². The van der Waals surface area contributed by atoms with Gasteiger partial charge in [-0.2, -0.15) is 0 Å². The number of hydrogen-bond acceptors (Lipinski definition) is 5. The summed E-state index contributed by atoms with van der Waals surface area (Å²) in [6, 6.07) is 5.46. The van der Waals surface area contributed by atoms with E-state index in [0.29, 0.717) is 0 Å². The minimum Gasteiger partial charge on any atom is -0.495 e. The van der Waals surface area contributed by atoms with Crippen LogP contribution in [0.5, 0.6) is 5.75 Å². The Morgan fingerprint density at radius 2 is 2.00 bits per heavy atom. The molecule has 1 N–H and O–H groups in total. The number of nitrogens with zero attached hydrogens (tertiary/aromatic N) is 3. The van der Waals surface area contributed by atoms with Gasteiger partial charge >= 0.3 is 0 Å². The number of pyridine rings is 1. The first-order chi connectivity index (χ1) is 7.78. The minimum absolute atomic E-state index is 0.721. The predicted octanol–water partition coefficient (Wildman–Crippen LogP) is 1.93. The van der Waals surface area contributed by atoms with Crippen LogP contribution >= 0.6 is 0 Å². The van der Waals surface area contributed by atoms with Crippen molar-refractivity contribution in [3.8, 4) is 5.75 Å². The summed E-state index contributed by atoms with van der Waals surface area (Å²) in [5, 5.41) is 3.08. The topological polar surface area (TPSA) is 59.9 Å². The zero-order chi connectivity index (χ0) is 11.4. The Morgan fingerprint density at radius 1 is 1.12 bits per heavy atom. The molecule has 0 aliphatic rings. The van der Waals surface area contributed by atoms with Gasteiger partial charge in [0.1, 0.15) is 23.2 Å². The fourth-order valence-corrected chi connectivity index (χ4v) is 1.23. The van der Waals surface area contributed by atoms with Crippen LogP contribution in [0.15, 0.2) is 30.6 Å². The Kier molecular flexibility index (Phi) is 2.95. The molecule has 5 nitrogen and oxygen atoms in total. The van der Waals surface area contributed by atoms with E-state index < -0.39 is 0 Å². The molecule has 0 amide bonds. The number of nitrogens with one attached hydrogen (secondary N) is 1. The smallest absolute Gasteiger partial charge is 0.137 e. The van der Waals surface area contributed by atoms with Gasteiger partial charge in [-0.15, -0.1) is 0 Å². The molecule has 0 radical (unpaired) electrons. The van der Waals surface area contributed by atoms with Gasteiger partial charge in [-0.05, 0) is 25.1 Å². The maximum atomic E-state index is 5.02. The van der Waals surface area contributed by atoms with Crippen LogP contribution in [0.3, 0.4) is 0 Å². The van der Waals surface area contributed by atoms with Crippen molar-refractivity contribution in [2.24, 2.45) is 0 Å². The lowest BCUT2D eigenvalue weighted by Gasteiger charge is -2.05. The van der Waals surface area contributed by atoms with Crippen LogP contribution in [0.25, 0.3) is 0 Å². The molecule has 82 valence electrons. The Bertz CT molecular complexity index is 470. The lowest BCUT2D eigenvalue weighted by Crippen LogP contribution is -1.98. The predicted molar refractivity (Wildman–Crippen MR) is 60.8 cm³/mol. The van der Waals surface area contributed by atoms with Gasteiger partial charge in [-0.25, -0.2) is 15.0 Å². The summed E-state index contributed by atoms with van der Waals surface area (Å²) in [7, 11) is 1.61. The molecule has 0 unspecified atom stereocenters. The van der Waals surface area contributed by atoms with Crippen molar-refractivity contribution in [1.29, 1.82) is 0 Å². The van der Waals surface area contributed by atoms with E-state index in [2.05, 4.69) is 20.3 Å². The van der Waals surface area contributed by atoms with Crippen LogP contribution in [0, 0.1) is 6.92 Å². The van der Waals surface area contributed by atoms with Gasteiger partial charge in [0.25, 0.3) is 0 Å². The third-order valence-corrected chi connectivity index (χ3v) is 2.00. The molecule has 16 heavy (non-hydrogen) atoms. The van der Waals surface area contributed by atoms with E-state index in [4.69, 9.17) is 4.74 Å². The molecule has 0 bridgehead atoms. The Balaban J connectivity index is 2.14. The summed E-state index contributed by atoms with van der Waals surface area (Å²) in [6.45, 7) is 1.84. The molecule has 2 aromatic heterocycles. The van der Waals surface area contributed by atoms with Gasteiger partial charge in [0.05, 0.1) is 13.3 Å². The van der Waals surface area contributed by atoms with Crippen molar-refractivity contribution in [3.63, 3.8) is 0 Å². The van der Waals surface area contributed by atoms with Crippen LogP contribution in [-0.2, 0) is 0 Å². The van der Waals surface area contributed by atoms with Crippen LogP contribution in [-0.4, -0.2) is 22.1 Å². The molecule has 2 heterocycles. The van der Waals surface area contributed by atoms with Crippen molar-refractivity contribution in [2.45, 2.75) is 6.92 Å². The second-order valence-corrected chi connectivity index (χ2v) is 3.20. The molecule has 2 rings (SSSR count). The number of aromatic nitrogens is 3. The molecule has 2 aromatic rings. The van der Waals surface area contributed by atoms with E-state index in [0.717, 1.165) is 23.2 Å². The summed E-state index contributed by atoms with van der Waals surface area (Å²) in [5.41, 5.74) is 0. The van der Waals surface area contributed by atoms with Gasteiger partial charge in [0.15, 0.2) is 0 Å². The molecule has 0 atom stereocenters. The maximum absolute atomic E-state index is 5.02. The summed E-state index contributed by atoms with van der Waals surface area (Å²) >= 11 is 0. The molecule has 0 fully saturated rings. The number of rotatable bonds is 3. The third-order valence-electron chi connectivity index (χ3n) is 2.00. The van der Waals surface area contributed by atoms with Crippen molar-refractivity contribution in [3.05, 3.63) is 36.4 Å². The molecule has 0 saturated heterocycles. The van der Waals surface area contributed by atoms with E-state index in [1.807, 2.05) is 19.1 Å². The molecule has 0 aromatic carbocycles.